The normalized spacial score (nSPS) is 11.9. The number of aldehydes is 1. The molecule has 0 aliphatic carbocycles. The van der Waals surface area contributed by atoms with Crippen molar-refractivity contribution in [3.05, 3.63) is 51.8 Å². The van der Waals surface area contributed by atoms with E-state index in [1.165, 1.54) is 0 Å². The summed E-state index contributed by atoms with van der Waals surface area (Å²) in [6, 6.07) is 10.3. The van der Waals surface area contributed by atoms with Crippen molar-refractivity contribution in [3.63, 3.8) is 0 Å². The number of aryl methyl sites for hydroxylation is 2. The number of nitrogens with one attached hydrogen (secondary N) is 1. The Morgan fingerprint density at radius 2 is 1.88 bits per heavy atom. The summed E-state index contributed by atoms with van der Waals surface area (Å²) in [6.45, 7) is 4.03. The minimum Gasteiger partial charge on any atom is -0.493 e. The summed E-state index contributed by atoms with van der Waals surface area (Å²) in [5.74, 6) is 2.87. The van der Waals surface area contributed by atoms with Gasteiger partial charge in [-0.3, -0.25) is 0 Å². The quantitative estimate of drug-likeness (QED) is 0.217. The van der Waals surface area contributed by atoms with Gasteiger partial charge in [-0.05, 0) is 56.9 Å². The van der Waals surface area contributed by atoms with Gasteiger partial charge in [-0.1, -0.05) is 40.9 Å². The lowest BCUT2D eigenvalue weighted by atomic mass is 10.0. The van der Waals surface area contributed by atoms with Crippen LogP contribution >= 0.6 is 15.9 Å². The maximum atomic E-state index is 10.6. The molecule has 1 heterocycles. The molecule has 0 amide bonds. The molecule has 0 bridgehead atoms. The van der Waals surface area contributed by atoms with E-state index in [0.29, 0.717) is 18.0 Å². The molecule has 1 unspecified atom stereocenters. The molecule has 0 radical (unpaired) electrons. The molecule has 2 aromatic carbocycles. The Bertz CT molecular complexity index is 1100. The molecule has 0 saturated heterocycles. The highest BCUT2D eigenvalue weighted by Gasteiger charge is 2.20. The number of ether oxygens (including phenoxy) is 2. The van der Waals surface area contributed by atoms with E-state index < -0.39 is 0 Å². The topological polar surface area (TPSA) is 73.3 Å². The van der Waals surface area contributed by atoms with E-state index in [9.17, 15) is 4.79 Å². The van der Waals surface area contributed by atoms with Gasteiger partial charge in [0.15, 0.2) is 11.5 Å². The molecular weight excluding hydrogens is 482 g/mol. The fourth-order valence-corrected chi connectivity index (χ4v) is 4.48. The van der Waals surface area contributed by atoms with E-state index in [1.807, 2.05) is 25.1 Å². The fraction of sp³-hybridized carbons (Fsp3) is 0.423. The number of benzene rings is 2. The van der Waals surface area contributed by atoms with Crippen LogP contribution in [-0.2, 0) is 11.2 Å². The zero-order valence-corrected chi connectivity index (χ0v) is 21.4. The molecule has 0 saturated carbocycles. The summed E-state index contributed by atoms with van der Waals surface area (Å²) >= 11 is 3.55. The number of unbranched alkanes of at least 4 members (excludes halogenated alkanes) is 4. The maximum absolute atomic E-state index is 10.6. The van der Waals surface area contributed by atoms with Crippen molar-refractivity contribution in [2.45, 2.75) is 58.4 Å². The van der Waals surface area contributed by atoms with Crippen molar-refractivity contribution in [1.29, 1.82) is 0 Å². The van der Waals surface area contributed by atoms with Gasteiger partial charge in [-0.2, -0.15) is 0 Å². The fourth-order valence-electron chi connectivity index (χ4n) is 4.07. The number of hydrogen-bond donors (Lipinski definition) is 1. The Labute approximate surface area is 204 Å². The van der Waals surface area contributed by atoms with E-state index in [2.05, 4.69) is 40.3 Å². The SMILES string of the molecule is COc1cc2c(NC(C)c3cccc(Br)c3)nc(C)nc2c(CCCCCCC=O)c1OC. The molecule has 3 rings (SSSR count). The van der Waals surface area contributed by atoms with Crippen LogP contribution in [0.15, 0.2) is 34.8 Å². The van der Waals surface area contributed by atoms with E-state index >= 15 is 0 Å². The van der Waals surface area contributed by atoms with E-state index in [0.717, 1.165) is 76.5 Å². The van der Waals surface area contributed by atoms with Gasteiger partial charge in [0, 0.05) is 21.8 Å². The lowest BCUT2D eigenvalue weighted by Crippen LogP contribution is -2.10. The second-order valence-electron chi connectivity index (χ2n) is 8.15. The summed E-state index contributed by atoms with van der Waals surface area (Å²) in [5, 5.41) is 4.49. The van der Waals surface area contributed by atoms with E-state index in [-0.39, 0.29) is 6.04 Å². The standard InChI is InChI=1S/C26H32BrN3O3/c1-17(19-11-10-12-20(27)15-19)28-26-22-16-23(32-3)25(33-4)21(24(22)29-18(2)30-26)13-8-6-5-7-9-14-31/h10-12,14-17H,5-9,13H2,1-4H3,(H,28,29,30). The zero-order valence-electron chi connectivity index (χ0n) is 19.8. The number of carbonyl (C=O) groups is 1. The number of carbonyl (C=O) groups excluding carboxylic acids is 1. The van der Waals surface area contributed by atoms with Crippen LogP contribution in [0.1, 0.15) is 62.0 Å². The summed E-state index contributed by atoms with van der Waals surface area (Å²) in [6.07, 6.45) is 6.43. The van der Waals surface area contributed by atoms with Crippen molar-refractivity contribution in [2.75, 3.05) is 19.5 Å². The van der Waals surface area contributed by atoms with Crippen molar-refractivity contribution >= 4 is 38.9 Å². The number of aromatic nitrogens is 2. The van der Waals surface area contributed by atoms with Gasteiger partial charge in [0.1, 0.15) is 17.9 Å². The third kappa shape index (κ3) is 6.22. The number of halogens is 1. The highest BCUT2D eigenvalue weighted by Crippen LogP contribution is 2.40. The van der Waals surface area contributed by atoms with E-state index in [1.54, 1.807) is 14.2 Å². The Morgan fingerprint density at radius 3 is 2.58 bits per heavy atom. The van der Waals surface area contributed by atoms with Gasteiger partial charge in [0.2, 0.25) is 0 Å². The first-order chi connectivity index (χ1) is 16.0. The molecule has 3 aromatic rings. The average molecular weight is 514 g/mol. The Hall–Kier alpha value is -2.67. The van der Waals surface area contributed by atoms with Crippen LogP contribution in [0.3, 0.4) is 0 Å². The minimum atomic E-state index is 0.0503. The molecule has 176 valence electrons. The van der Waals surface area contributed by atoms with Crippen LogP contribution in [-0.4, -0.2) is 30.5 Å². The average Bonchev–Trinajstić information content (AvgIpc) is 2.80. The van der Waals surface area contributed by atoms with Crippen LogP contribution in [0.25, 0.3) is 10.9 Å². The van der Waals surface area contributed by atoms with Crippen LogP contribution < -0.4 is 14.8 Å². The molecule has 0 fully saturated rings. The van der Waals surface area contributed by atoms with Crippen LogP contribution in [0.2, 0.25) is 0 Å². The van der Waals surface area contributed by atoms with Crippen LogP contribution in [0.5, 0.6) is 11.5 Å². The molecule has 1 aromatic heterocycles. The summed E-state index contributed by atoms with van der Waals surface area (Å²) in [7, 11) is 3.32. The molecule has 6 nitrogen and oxygen atoms in total. The zero-order chi connectivity index (χ0) is 23.8. The molecule has 1 atom stereocenters. The monoisotopic (exact) mass is 513 g/mol. The predicted octanol–water partition coefficient (Wildman–Crippen LogP) is 6.58. The second-order valence-corrected chi connectivity index (χ2v) is 9.06. The number of methoxy groups -OCH3 is 2. The number of rotatable bonds is 12. The number of anilines is 1. The van der Waals surface area contributed by atoms with Crippen LogP contribution in [0.4, 0.5) is 5.82 Å². The number of nitrogens with zero attached hydrogens (tertiary/aromatic N) is 2. The third-order valence-electron chi connectivity index (χ3n) is 5.74. The molecule has 7 heteroatoms. The predicted molar refractivity (Wildman–Crippen MR) is 136 cm³/mol. The third-order valence-corrected chi connectivity index (χ3v) is 6.23. The number of hydrogen-bond acceptors (Lipinski definition) is 6. The Kier molecular flexibility index (Phi) is 9.06. The maximum Gasteiger partial charge on any atom is 0.166 e. The highest BCUT2D eigenvalue weighted by molar-refractivity contribution is 9.10. The van der Waals surface area contributed by atoms with Crippen molar-refractivity contribution < 1.29 is 14.3 Å². The Balaban J connectivity index is 1.99. The summed E-state index contributed by atoms with van der Waals surface area (Å²) < 4.78 is 12.5. The van der Waals surface area contributed by atoms with Gasteiger partial charge in [-0.15, -0.1) is 0 Å². The lowest BCUT2D eigenvalue weighted by Gasteiger charge is -2.20. The second kappa shape index (κ2) is 12.0. The highest BCUT2D eigenvalue weighted by atomic mass is 79.9. The molecular formula is C26H32BrN3O3. The minimum absolute atomic E-state index is 0.0503. The summed E-state index contributed by atoms with van der Waals surface area (Å²) in [5.41, 5.74) is 3.08. The number of fused-ring (bicyclic) bond motifs is 1. The molecule has 33 heavy (non-hydrogen) atoms. The van der Waals surface area contributed by atoms with Crippen molar-refractivity contribution in [1.82, 2.24) is 9.97 Å². The largest absolute Gasteiger partial charge is 0.493 e. The first-order valence-electron chi connectivity index (χ1n) is 11.4. The van der Waals surface area contributed by atoms with Gasteiger partial charge in [0.05, 0.1) is 25.8 Å². The first-order valence-corrected chi connectivity index (χ1v) is 12.2. The van der Waals surface area contributed by atoms with Crippen molar-refractivity contribution in [3.8, 4) is 11.5 Å². The Morgan fingerprint density at radius 1 is 1.09 bits per heavy atom. The summed E-state index contributed by atoms with van der Waals surface area (Å²) in [4.78, 5) is 20.1. The van der Waals surface area contributed by atoms with Crippen LogP contribution in [0, 0.1) is 6.92 Å². The van der Waals surface area contributed by atoms with Gasteiger partial charge in [0.25, 0.3) is 0 Å². The van der Waals surface area contributed by atoms with Crippen molar-refractivity contribution in [2.24, 2.45) is 0 Å². The smallest absolute Gasteiger partial charge is 0.166 e. The van der Waals surface area contributed by atoms with E-state index in [4.69, 9.17) is 19.4 Å². The van der Waals surface area contributed by atoms with Gasteiger partial charge >= 0.3 is 0 Å². The molecule has 0 aliphatic heterocycles. The molecule has 0 spiro atoms. The lowest BCUT2D eigenvalue weighted by molar-refractivity contribution is -0.107. The molecule has 1 N–H and O–H groups in total. The van der Waals surface area contributed by atoms with Gasteiger partial charge < -0.3 is 19.6 Å². The first kappa shape index (κ1) is 25.0. The molecule has 0 aliphatic rings. The van der Waals surface area contributed by atoms with Gasteiger partial charge in [-0.25, -0.2) is 9.97 Å².